The second-order valence-electron chi connectivity index (χ2n) is 6.20. The lowest BCUT2D eigenvalue weighted by molar-refractivity contribution is -0.141. The van der Waals surface area contributed by atoms with Crippen molar-refractivity contribution in [1.82, 2.24) is 20.4 Å². The van der Waals surface area contributed by atoms with Gasteiger partial charge >= 0.3 is 6.18 Å². The summed E-state index contributed by atoms with van der Waals surface area (Å²) in [7, 11) is 0. The van der Waals surface area contributed by atoms with Gasteiger partial charge in [-0.15, -0.1) is 0 Å². The number of aromatic nitrogens is 2. The molecule has 2 rings (SSSR count). The van der Waals surface area contributed by atoms with Gasteiger partial charge in [0, 0.05) is 17.8 Å². The molecular weight excluding hydrogens is 361 g/mol. The number of carbonyl (C=O) groups excluding carboxylic acids is 2. The molecule has 0 aliphatic heterocycles. The highest BCUT2D eigenvalue weighted by molar-refractivity contribution is 5.97. The maximum atomic E-state index is 12.6. The fraction of sp³-hybridized carbons (Fsp3) is 0.389. The Morgan fingerprint density at radius 2 is 1.74 bits per heavy atom. The fourth-order valence-electron chi connectivity index (χ4n) is 2.20. The van der Waals surface area contributed by atoms with Crippen molar-refractivity contribution in [2.75, 3.05) is 0 Å². The van der Waals surface area contributed by atoms with E-state index in [0.29, 0.717) is 5.69 Å². The number of rotatable bonds is 6. The van der Waals surface area contributed by atoms with Crippen molar-refractivity contribution in [2.45, 2.75) is 45.5 Å². The normalized spacial score (nSPS) is 13.7. The average molecular weight is 382 g/mol. The van der Waals surface area contributed by atoms with Crippen molar-refractivity contribution in [2.24, 2.45) is 0 Å². The summed E-state index contributed by atoms with van der Waals surface area (Å²) in [4.78, 5) is 24.2. The molecule has 1 aromatic heterocycles. The minimum Gasteiger partial charge on any atom is -0.352 e. The van der Waals surface area contributed by atoms with Crippen LogP contribution in [0.4, 0.5) is 13.2 Å². The van der Waals surface area contributed by atoms with Gasteiger partial charge in [0.15, 0.2) is 5.69 Å². The number of nitrogens with zero attached hydrogens (tertiary/aromatic N) is 2. The molecule has 0 spiro atoms. The Hall–Kier alpha value is -2.84. The molecule has 9 heteroatoms. The third-order valence-electron chi connectivity index (χ3n) is 4.02. The first kappa shape index (κ1) is 20.5. The van der Waals surface area contributed by atoms with Gasteiger partial charge in [-0.2, -0.15) is 18.3 Å². The predicted octanol–water partition coefficient (Wildman–Crippen LogP) is 2.92. The Bertz CT molecular complexity index is 800. The Morgan fingerprint density at radius 3 is 2.26 bits per heavy atom. The molecule has 2 amide bonds. The number of carbonyl (C=O) groups is 2. The highest BCUT2D eigenvalue weighted by Gasteiger charge is 2.33. The highest BCUT2D eigenvalue weighted by Crippen LogP contribution is 2.27. The van der Waals surface area contributed by atoms with E-state index in [0.717, 1.165) is 17.2 Å². The van der Waals surface area contributed by atoms with Crippen molar-refractivity contribution < 1.29 is 22.8 Å². The van der Waals surface area contributed by atoms with Gasteiger partial charge in [-0.3, -0.25) is 9.59 Å². The van der Waals surface area contributed by atoms with E-state index in [9.17, 15) is 22.8 Å². The first-order valence-electron chi connectivity index (χ1n) is 8.46. The minimum absolute atomic E-state index is 0.00629. The van der Waals surface area contributed by atoms with E-state index >= 15 is 0 Å². The maximum absolute atomic E-state index is 12.6. The first-order chi connectivity index (χ1) is 12.6. The van der Waals surface area contributed by atoms with Crippen LogP contribution in [0.2, 0.25) is 0 Å². The third kappa shape index (κ3) is 5.32. The molecule has 2 atom stereocenters. The fourth-order valence-corrected chi connectivity index (χ4v) is 2.20. The molecule has 146 valence electrons. The van der Waals surface area contributed by atoms with E-state index in [1.807, 2.05) is 13.8 Å². The van der Waals surface area contributed by atoms with Crippen molar-refractivity contribution in [1.29, 1.82) is 0 Å². The van der Waals surface area contributed by atoms with Crippen LogP contribution in [0.1, 0.15) is 43.2 Å². The summed E-state index contributed by atoms with van der Waals surface area (Å²) in [6.45, 7) is 5.38. The second-order valence-corrected chi connectivity index (χ2v) is 6.20. The van der Waals surface area contributed by atoms with Crippen molar-refractivity contribution in [3.05, 3.63) is 47.8 Å². The molecule has 1 aromatic carbocycles. The van der Waals surface area contributed by atoms with E-state index in [1.165, 1.54) is 30.5 Å². The zero-order valence-corrected chi connectivity index (χ0v) is 15.2. The van der Waals surface area contributed by atoms with Crippen LogP contribution in [0.15, 0.2) is 36.5 Å². The van der Waals surface area contributed by atoms with Crippen molar-refractivity contribution >= 4 is 11.8 Å². The summed E-state index contributed by atoms with van der Waals surface area (Å²) in [5.41, 5.74) is -0.333. The molecule has 0 aliphatic carbocycles. The Labute approximate surface area is 154 Å². The van der Waals surface area contributed by atoms with Gasteiger partial charge in [0.1, 0.15) is 6.04 Å². The first-order valence-corrected chi connectivity index (χ1v) is 8.46. The summed E-state index contributed by atoms with van der Waals surface area (Å²) < 4.78 is 38.9. The summed E-state index contributed by atoms with van der Waals surface area (Å²) in [5, 5.41) is 8.83. The lowest BCUT2D eigenvalue weighted by Crippen LogP contribution is -2.47. The lowest BCUT2D eigenvalue weighted by atomic mass is 10.1. The van der Waals surface area contributed by atoms with Gasteiger partial charge in [0.25, 0.3) is 5.91 Å². The van der Waals surface area contributed by atoms with Crippen molar-refractivity contribution in [3.63, 3.8) is 0 Å². The minimum atomic E-state index is -4.52. The van der Waals surface area contributed by atoms with Crippen LogP contribution in [-0.2, 0) is 11.0 Å². The highest BCUT2D eigenvalue weighted by atomic mass is 19.4. The summed E-state index contributed by atoms with van der Waals surface area (Å²) in [5.74, 6) is -0.740. The van der Waals surface area contributed by atoms with E-state index in [4.69, 9.17) is 0 Å². The van der Waals surface area contributed by atoms with E-state index in [-0.39, 0.29) is 17.5 Å². The maximum Gasteiger partial charge on any atom is 0.435 e. The van der Waals surface area contributed by atoms with Gasteiger partial charge in [-0.1, -0.05) is 6.92 Å². The van der Waals surface area contributed by atoms with E-state index < -0.39 is 23.8 Å². The van der Waals surface area contributed by atoms with Crippen LogP contribution in [0.25, 0.3) is 5.69 Å². The van der Waals surface area contributed by atoms with Crippen LogP contribution >= 0.6 is 0 Å². The Balaban J connectivity index is 2.03. The summed E-state index contributed by atoms with van der Waals surface area (Å²) in [6, 6.07) is 6.03. The van der Waals surface area contributed by atoms with Gasteiger partial charge in [-0.05, 0) is 50.6 Å². The molecule has 0 saturated heterocycles. The van der Waals surface area contributed by atoms with Gasteiger partial charge in [-0.25, -0.2) is 4.68 Å². The molecule has 2 unspecified atom stereocenters. The molecule has 6 nitrogen and oxygen atoms in total. The predicted molar refractivity (Wildman–Crippen MR) is 93.4 cm³/mol. The molecule has 0 saturated carbocycles. The van der Waals surface area contributed by atoms with E-state index in [1.54, 1.807) is 6.92 Å². The number of halogens is 3. The topological polar surface area (TPSA) is 76.0 Å². The molecular formula is C18H21F3N4O2. The SMILES string of the molecule is CCC(C)NC(=O)C(C)NC(=O)c1ccc(-n2ccc(C(F)(F)F)n2)cc1. The largest absolute Gasteiger partial charge is 0.435 e. The third-order valence-corrected chi connectivity index (χ3v) is 4.02. The molecule has 0 bridgehead atoms. The van der Waals surface area contributed by atoms with Gasteiger partial charge < -0.3 is 10.6 Å². The Morgan fingerprint density at radius 1 is 1.11 bits per heavy atom. The number of benzene rings is 1. The van der Waals surface area contributed by atoms with Gasteiger partial charge in [0.2, 0.25) is 5.91 Å². The van der Waals surface area contributed by atoms with Crippen LogP contribution in [0, 0.1) is 0 Å². The molecule has 0 radical (unpaired) electrons. The number of hydrogen-bond donors (Lipinski definition) is 2. The number of nitrogens with one attached hydrogen (secondary N) is 2. The second kappa shape index (κ2) is 8.24. The van der Waals surface area contributed by atoms with Crippen LogP contribution < -0.4 is 10.6 Å². The van der Waals surface area contributed by atoms with Crippen LogP contribution in [0.5, 0.6) is 0 Å². The van der Waals surface area contributed by atoms with Gasteiger partial charge in [0.05, 0.1) is 5.69 Å². The molecule has 27 heavy (non-hydrogen) atoms. The number of alkyl halides is 3. The van der Waals surface area contributed by atoms with Crippen LogP contribution in [0.3, 0.4) is 0 Å². The summed E-state index contributed by atoms with van der Waals surface area (Å²) >= 11 is 0. The van der Waals surface area contributed by atoms with Crippen molar-refractivity contribution in [3.8, 4) is 5.69 Å². The zero-order valence-electron chi connectivity index (χ0n) is 15.2. The number of hydrogen-bond acceptors (Lipinski definition) is 3. The quantitative estimate of drug-likeness (QED) is 0.807. The zero-order chi connectivity index (χ0) is 20.2. The smallest absolute Gasteiger partial charge is 0.352 e. The molecule has 2 aromatic rings. The standard InChI is InChI=1S/C18H21F3N4O2/c1-4-11(2)22-16(26)12(3)23-17(27)13-5-7-14(8-6-13)25-10-9-15(24-25)18(19,20)21/h5-12H,4H2,1-3H3,(H,22,26)(H,23,27). The lowest BCUT2D eigenvalue weighted by Gasteiger charge is -2.17. The molecule has 1 heterocycles. The van der Waals surface area contributed by atoms with E-state index in [2.05, 4.69) is 15.7 Å². The Kier molecular flexibility index (Phi) is 6.24. The molecule has 0 fully saturated rings. The van der Waals surface area contributed by atoms with Crippen LogP contribution in [-0.4, -0.2) is 33.7 Å². The summed E-state index contributed by atoms with van der Waals surface area (Å²) in [6.07, 6.45) is -2.55. The monoisotopic (exact) mass is 382 g/mol. The molecule has 0 aliphatic rings. The number of amides is 2. The molecule has 2 N–H and O–H groups in total. The average Bonchev–Trinajstić information content (AvgIpc) is 3.12.